The molecule has 0 atom stereocenters. The van der Waals surface area contributed by atoms with Crippen LogP contribution in [-0.2, 0) is 12.7 Å². The Balaban J connectivity index is 1.28. The molecule has 5 N–H and O–H groups in total. The molecule has 1 aromatic heterocycles. The van der Waals surface area contributed by atoms with Crippen LogP contribution in [0.5, 0.6) is 0 Å². The van der Waals surface area contributed by atoms with Crippen molar-refractivity contribution < 1.29 is 18.0 Å². The molecule has 38 heavy (non-hydrogen) atoms. The van der Waals surface area contributed by atoms with E-state index < -0.39 is 17.8 Å². The first-order chi connectivity index (χ1) is 18.3. The molecule has 0 radical (unpaired) electrons. The predicted octanol–water partition coefficient (Wildman–Crippen LogP) is 5.55. The predicted molar refractivity (Wildman–Crippen MR) is 144 cm³/mol. The number of alkyl halides is 3. The third-order valence-corrected chi connectivity index (χ3v) is 6.52. The topological polar surface area (TPSA) is 95.3 Å². The number of carbonyl (C=O) groups excluding carboxylic acids is 1. The number of hydrogen-bond donors (Lipinski definition) is 4. The van der Waals surface area contributed by atoms with Crippen LogP contribution in [0.25, 0.3) is 21.9 Å². The minimum Gasteiger partial charge on any atom is -0.384 e. The molecule has 1 aliphatic rings. The number of pyridine rings is 1. The second kappa shape index (κ2) is 10.7. The zero-order chi connectivity index (χ0) is 26.7. The maximum absolute atomic E-state index is 13.8. The number of nitrogens with one attached hydrogen (secondary N) is 3. The summed E-state index contributed by atoms with van der Waals surface area (Å²) in [5.74, 6) is 0.422. The van der Waals surface area contributed by atoms with Gasteiger partial charge in [-0.2, -0.15) is 13.2 Å². The van der Waals surface area contributed by atoms with E-state index in [-0.39, 0.29) is 17.8 Å². The smallest absolute Gasteiger partial charge is 0.384 e. The lowest BCUT2D eigenvalue weighted by Gasteiger charge is -2.28. The standard InChI is InChI=1S/C28H27F3N6O/c29-28(30,31)25-14-22(9-6-20(25)17-37-12-10-33-11-13-37)36-27(38)35-21-7-4-18(5-8-21)23-3-1-2-19-16-34-26(32)15-24(19)23/h1-9,14-16,33H,10-13,17H2,(H2,32,34)(H2,35,36,38). The molecular weight excluding hydrogens is 493 g/mol. The molecule has 0 unspecified atom stereocenters. The van der Waals surface area contributed by atoms with Crippen molar-refractivity contribution in [2.45, 2.75) is 12.7 Å². The summed E-state index contributed by atoms with van der Waals surface area (Å²) in [5, 5.41) is 10.3. The number of anilines is 3. The molecule has 7 nitrogen and oxygen atoms in total. The van der Waals surface area contributed by atoms with E-state index in [1.807, 2.05) is 41.3 Å². The van der Waals surface area contributed by atoms with E-state index in [4.69, 9.17) is 5.73 Å². The molecule has 0 saturated carbocycles. The summed E-state index contributed by atoms with van der Waals surface area (Å²) in [7, 11) is 0. The van der Waals surface area contributed by atoms with Crippen molar-refractivity contribution in [2.75, 3.05) is 42.5 Å². The Hall–Kier alpha value is -4.15. The number of nitrogens with two attached hydrogens (primary N) is 1. The summed E-state index contributed by atoms with van der Waals surface area (Å²) >= 11 is 0. The van der Waals surface area contributed by atoms with Crippen molar-refractivity contribution in [3.05, 3.63) is 84.1 Å². The fraction of sp³-hybridized carbons (Fsp3) is 0.214. The molecule has 1 aliphatic heterocycles. The number of amides is 2. The van der Waals surface area contributed by atoms with E-state index >= 15 is 0 Å². The Morgan fingerprint density at radius 2 is 1.68 bits per heavy atom. The van der Waals surface area contributed by atoms with Gasteiger partial charge < -0.3 is 21.7 Å². The number of nitrogen functional groups attached to an aromatic ring is 1. The van der Waals surface area contributed by atoms with E-state index in [0.29, 0.717) is 24.6 Å². The van der Waals surface area contributed by atoms with Crippen molar-refractivity contribution in [1.29, 1.82) is 0 Å². The molecule has 3 aromatic carbocycles. The Morgan fingerprint density at radius 3 is 2.42 bits per heavy atom. The Morgan fingerprint density at radius 1 is 0.974 bits per heavy atom. The third kappa shape index (κ3) is 5.87. The van der Waals surface area contributed by atoms with Gasteiger partial charge in [-0.15, -0.1) is 0 Å². The van der Waals surface area contributed by atoms with Crippen LogP contribution in [0.4, 0.5) is 35.2 Å². The zero-order valence-electron chi connectivity index (χ0n) is 20.5. The van der Waals surface area contributed by atoms with E-state index in [9.17, 15) is 18.0 Å². The van der Waals surface area contributed by atoms with Crippen LogP contribution in [-0.4, -0.2) is 42.1 Å². The summed E-state index contributed by atoms with van der Waals surface area (Å²) in [5.41, 5.74) is 7.76. The van der Waals surface area contributed by atoms with Crippen LogP contribution in [0.1, 0.15) is 11.1 Å². The number of rotatable bonds is 5. The van der Waals surface area contributed by atoms with Crippen LogP contribution in [0.2, 0.25) is 0 Å². The van der Waals surface area contributed by atoms with Crippen molar-refractivity contribution in [2.24, 2.45) is 0 Å². The summed E-state index contributed by atoms with van der Waals surface area (Å²) in [6.07, 6.45) is -2.81. The zero-order valence-corrected chi connectivity index (χ0v) is 20.5. The van der Waals surface area contributed by atoms with Gasteiger partial charge in [0.1, 0.15) is 5.82 Å². The number of aromatic nitrogens is 1. The number of nitrogens with zero attached hydrogens (tertiary/aromatic N) is 2. The first-order valence-electron chi connectivity index (χ1n) is 12.2. The minimum atomic E-state index is -4.53. The SMILES string of the molecule is Nc1cc2c(-c3ccc(NC(=O)Nc4ccc(CN5CCNCC5)c(C(F)(F)F)c4)cc3)cccc2cn1. The lowest BCUT2D eigenvalue weighted by Crippen LogP contribution is -2.43. The van der Waals surface area contributed by atoms with Crippen molar-refractivity contribution in [3.63, 3.8) is 0 Å². The summed E-state index contributed by atoms with van der Waals surface area (Å²) in [4.78, 5) is 18.7. The van der Waals surface area contributed by atoms with Gasteiger partial charge in [0, 0.05) is 55.7 Å². The molecule has 0 aliphatic carbocycles. The summed E-state index contributed by atoms with van der Waals surface area (Å²) < 4.78 is 41.4. The van der Waals surface area contributed by atoms with E-state index in [1.165, 1.54) is 12.1 Å². The monoisotopic (exact) mass is 520 g/mol. The number of benzene rings is 3. The van der Waals surface area contributed by atoms with Gasteiger partial charge in [0.05, 0.1) is 5.56 Å². The van der Waals surface area contributed by atoms with Gasteiger partial charge in [-0.1, -0.05) is 36.4 Å². The molecule has 196 valence electrons. The van der Waals surface area contributed by atoms with Gasteiger partial charge in [-0.25, -0.2) is 9.78 Å². The molecule has 4 aromatic rings. The van der Waals surface area contributed by atoms with Crippen molar-refractivity contribution >= 4 is 34.0 Å². The Bertz CT molecular complexity index is 1450. The molecule has 5 rings (SSSR count). The second-order valence-corrected chi connectivity index (χ2v) is 9.19. The van der Waals surface area contributed by atoms with Gasteiger partial charge >= 0.3 is 12.2 Å². The fourth-order valence-corrected chi connectivity index (χ4v) is 4.63. The molecule has 2 amide bonds. The van der Waals surface area contributed by atoms with E-state index in [2.05, 4.69) is 20.9 Å². The number of fused-ring (bicyclic) bond motifs is 1. The number of carbonyl (C=O) groups is 1. The maximum Gasteiger partial charge on any atom is 0.416 e. The lowest BCUT2D eigenvalue weighted by atomic mass is 9.99. The highest BCUT2D eigenvalue weighted by molar-refractivity contribution is 6.01. The molecule has 0 bridgehead atoms. The first-order valence-corrected chi connectivity index (χ1v) is 12.2. The maximum atomic E-state index is 13.8. The van der Waals surface area contributed by atoms with Gasteiger partial charge in [0.25, 0.3) is 0 Å². The third-order valence-electron chi connectivity index (χ3n) is 6.52. The molecular formula is C28H27F3N6O. The quantitative estimate of drug-likeness (QED) is 0.277. The second-order valence-electron chi connectivity index (χ2n) is 9.19. The minimum absolute atomic E-state index is 0.0671. The number of piperazine rings is 1. The largest absolute Gasteiger partial charge is 0.416 e. The highest BCUT2D eigenvalue weighted by atomic mass is 19.4. The van der Waals surface area contributed by atoms with Crippen LogP contribution >= 0.6 is 0 Å². The van der Waals surface area contributed by atoms with E-state index in [0.717, 1.165) is 41.1 Å². The van der Waals surface area contributed by atoms with E-state index in [1.54, 1.807) is 18.3 Å². The lowest BCUT2D eigenvalue weighted by molar-refractivity contribution is -0.138. The summed E-state index contributed by atoms with van der Waals surface area (Å²) in [6.45, 7) is 3.07. The van der Waals surface area contributed by atoms with Crippen LogP contribution < -0.4 is 21.7 Å². The molecule has 1 fully saturated rings. The van der Waals surface area contributed by atoms with Crippen LogP contribution in [0, 0.1) is 0 Å². The number of hydrogen-bond acceptors (Lipinski definition) is 5. The number of urea groups is 1. The van der Waals surface area contributed by atoms with Crippen molar-refractivity contribution in [3.8, 4) is 11.1 Å². The molecule has 2 heterocycles. The van der Waals surface area contributed by atoms with Gasteiger partial charge in [0.2, 0.25) is 0 Å². The Labute approximate surface area is 217 Å². The normalized spacial score (nSPS) is 14.4. The van der Waals surface area contributed by atoms with Gasteiger partial charge in [-0.05, 0) is 52.4 Å². The Kier molecular flexibility index (Phi) is 7.17. The highest BCUT2D eigenvalue weighted by Crippen LogP contribution is 2.35. The molecule has 10 heteroatoms. The number of halogens is 3. The van der Waals surface area contributed by atoms with Crippen molar-refractivity contribution in [1.82, 2.24) is 15.2 Å². The first kappa shape index (κ1) is 25.5. The molecule has 0 spiro atoms. The average molecular weight is 521 g/mol. The van der Waals surface area contributed by atoms with Crippen LogP contribution in [0.15, 0.2) is 72.9 Å². The summed E-state index contributed by atoms with van der Waals surface area (Å²) in [6, 6.07) is 18.1. The van der Waals surface area contributed by atoms with Crippen LogP contribution in [0.3, 0.4) is 0 Å². The molecule has 1 saturated heterocycles. The fourth-order valence-electron chi connectivity index (χ4n) is 4.63. The highest BCUT2D eigenvalue weighted by Gasteiger charge is 2.34. The van der Waals surface area contributed by atoms with Gasteiger partial charge in [-0.3, -0.25) is 4.90 Å². The average Bonchev–Trinajstić information content (AvgIpc) is 2.90. The van der Waals surface area contributed by atoms with Gasteiger partial charge in [0.15, 0.2) is 0 Å².